The first-order valence-corrected chi connectivity index (χ1v) is 11.2. The number of rotatable bonds is 4. The van der Waals surface area contributed by atoms with Crippen molar-refractivity contribution in [1.29, 1.82) is 0 Å². The Bertz CT molecular complexity index is 1200. The Hall–Kier alpha value is -1.78. The molecule has 0 amide bonds. The van der Waals surface area contributed by atoms with Gasteiger partial charge in [0.15, 0.2) is 5.82 Å². The highest BCUT2D eigenvalue weighted by atomic mass is 35.5. The summed E-state index contributed by atoms with van der Waals surface area (Å²) in [5, 5.41) is 10.6. The van der Waals surface area contributed by atoms with E-state index in [1.807, 2.05) is 21.9 Å². The Balaban J connectivity index is 1.33. The van der Waals surface area contributed by atoms with E-state index in [0.717, 1.165) is 59.6 Å². The van der Waals surface area contributed by atoms with Gasteiger partial charge in [0.2, 0.25) is 5.78 Å². The quantitative estimate of drug-likeness (QED) is 0.494. The average Bonchev–Trinajstić information content (AvgIpc) is 3.41. The molecule has 0 saturated carbocycles. The highest BCUT2D eigenvalue weighted by Gasteiger charge is 2.21. The maximum atomic E-state index is 12.5. The van der Waals surface area contributed by atoms with Crippen molar-refractivity contribution in [2.24, 2.45) is 7.05 Å². The van der Waals surface area contributed by atoms with Gasteiger partial charge in [0, 0.05) is 44.6 Å². The van der Waals surface area contributed by atoms with E-state index in [4.69, 9.17) is 11.6 Å². The standard InChI is InChI=1S/C18H19ClN6OS2/c1-22-17(26)16-13(4-9-27-16)25-15(20-21-18(22)25)11-24-7-5-23(6-8-24)10-12-2-3-14(19)28-12/h2-4,9H,5-8,10-11H2,1H3. The number of fused-ring (bicyclic) bond motifs is 3. The van der Waals surface area contributed by atoms with Crippen LogP contribution in [0.3, 0.4) is 0 Å². The number of aryl methyl sites for hydroxylation is 1. The van der Waals surface area contributed by atoms with Crippen LogP contribution < -0.4 is 5.56 Å². The maximum absolute atomic E-state index is 12.5. The third-order valence-electron chi connectivity index (χ3n) is 5.24. The Morgan fingerprint density at radius 1 is 1.07 bits per heavy atom. The summed E-state index contributed by atoms with van der Waals surface area (Å²) < 4.78 is 5.20. The summed E-state index contributed by atoms with van der Waals surface area (Å²) in [6.45, 7) is 5.66. The minimum atomic E-state index is -0.0151. The molecule has 146 valence electrons. The van der Waals surface area contributed by atoms with Crippen molar-refractivity contribution in [2.45, 2.75) is 13.1 Å². The molecule has 5 rings (SSSR count). The first kappa shape index (κ1) is 18.3. The van der Waals surface area contributed by atoms with Gasteiger partial charge in [0.25, 0.3) is 5.56 Å². The second-order valence-electron chi connectivity index (χ2n) is 7.01. The van der Waals surface area contributed by atoms with Gasteiger partial charge in [-0.2, -0.15) is 0 Å². The van der Waals surface area contributed by atoms with Crippen molar-refractivity contribution in [3.63, 3.8) is 0 Å². The fraction of sp³-hybridized carbons (Fsp3) is 0.389. The molecule has 7 nitrogen and oxygen atoms in total. The molecule has 0 N–H and O–H groups in total. The van der Waals surface area contributed by atoms with Crippen LogP contribution in [-0.4, -0.2) is 55.1 Å². The van der Waals surface area contributed by atoms with Gasteiger partial charge in [0.05, 0.1) is 16.4 Å². The van der Waals surface area contributed by atoms with E-state index < -0.39 is 0 Å². The van der Waals surface area contributed by atoms with E-state index in [0.29, 0.717) is 5.78 Å². The predicted octanol–water partition coefficient (Wildman–Crippen LogP) is 2.68. The van der Waals surface area contributed by atoms with E-state index in [-0.39, 0.29) is 5.56 Å². The zero-order valence-corrected chi connectivity index (χ0v) is 17.7. The van der Waals surface area contributed by atoms with Crippen molar-refractivity contribution >= 4 is 50.3 Å². The minimum absolute atomic E-state index is 0.0151. The summed E-state index contributed by atoms with van der Waals surface area (Å²) in [7, 11) is 1.75. The normalized spacial score (nSPS) is 16.5. The number of thiophene rings is 2. The molecule has 0 atom stereocenters. The summed E-state index contributed by atoms with van der Waals surface area (Å²) in [5.41, 5.74) is 0.884. The smallest absolute Gasteiger partial charge is 0.272 e. The first-order chi connectivity index (χ1) is 13.6. The largest absolute Gasteiger partial charge is 0.296 e. The molecule has 1 saturated heterocycles. The van der Waals surface area contributed by atoms with E-state index in [9.17, 15) is 4.79 Å². The lowest BCUT2D eigenvalue weighted by Gasteiger charge is -2.34. The lowest BCUT2D eigenvalue weighted by atomic mass is 10.3. The molecule has 10 heteroatoms. The van der Waals surface area contributed by atoms with Crippen molar-refractivity contribution < 1.29 is 0 Å². The van der Waals surface area contributed by atoms with Crippen LogP contribution in [0.5, 0.6) is 0 Å². The molecule has 0 aliphatic carbocycles. The van der Waals surface area contributed by atoms with Crippen LogP contribution >= 0.6 is 34.3 Å². The van der Waals surface area contributed by atoms with Gasteiger partial charge >= 0.3 is 0 Å². The molecular weight excluding hydrogens is 416 g/mol. The predicted molar refractivity (Wildman–Crippen MR) is 113 cm³/mol. The third-order valence-corrected chi connectivity index (χ3v) is 7.34. The molecule has 1 aliphatic rings. The second kappa shape index (κ2) is 7.23. The van der Waals surface area contributed by atoms with Crippen molar-refractivity contribution in [1.82, 2.24) is 29.0 Å². The van der Waals surface area contributed by atoms with Gasteiger partial charge in [-0.25, -0.2) is 0 Å². The second-order valence-corrected chi connectivity index (χ2v) is 9.72. The number of hydrogen-bond donors (Lipinski definition) is 0. The van der Waals surface area contributed by atoms with Crippen LogP contribution in [0.1, 0.15) is 10.7 Å². The van der Waals surface area contributed by atoms with Crippen LogP contribution in [-0.2, 0) is 20.1 Å². The van der Waals surface area contributed by atoms with Crippen LogP contribution in [0.2, 0.25) is 4.34 Å². The number of hydrogen-bond acceptors (Lipinski definition) is 7. The van der Waals surface area contributed by atoms with Gasteiger partial charge in [-0.1, -0.05) is 11.6 Å². The number of piperazine rings is 1. The number of aromatic nitrogens is 4. The molecule has 0 aromatic carbocycles. The Kier molecular flexibility index (Phi) is 4.72. The van der Waals surface area contributed by atoms with Crippen LogP contribution in [0.4, 0.5) is 0 Å². The van der Waals surface area contributed by atoms with E-state index in [2.05, 4.69) is 26.1 Å². The van der Waals surface area contributed by atoms with Gasteiger partial charge < -0.3 is 0 Å². The lowest BCUT2D eigenvalue weighted by Crippen LogP contribution is -2.45. The third kappa shape index (κ3) is 3.17. The molecule has 0 bridgehead atoms. The zero-order valence-electron chi connectivity index (χ0n) is 15.3. The van der Waals surface area contributed by atoms with Gasteiger partial charge in [0.1, 0.15) is 4.70 Å². The van der Waals surface area contributed by atoms with Crippen molar-refractivity contribution in [3.8, 4) is 0 Å². The highest BCUT2D eigenvalue weighted by molar-refractivity contribution is 7.17. The monoisotopic (exact) mass is 434 g/mol. The van der Waals surface area contributed by atoms with E-state index in [1.54, 1.807) is 23.0 Å². The van der Waals surface area contributed by atoms with Crippen LogP contribution in [0.25, 0.3) is 16.0 Å². The summed E-state index contributed by atoms with van der Waals surface area (Å²) >= 11 is 9.16. The summed E-state index contributed by atoms with van der Waals surface area (Å²) in [4.78, 5) is 18.6. The van der Waals surface area contributed by atoms with Crippen molar-refractivity contribution in [3.05, 3.63) is 49.0 Å². The molecule has 28 heavy (non-hydrogen) atoms. The molecule has 1 fully saturated rings. The summed E-state index contributed by atoms with van der Waals surface area (Å²) in [6, 6.07) is 6.05. The van der Waals surface area contributed by atoms with Crippen LogP contribution in [0.15, 0.2) is 28.4 Å². The minimum Gasteiger partial charge on any atom is -0.296 e. The Morgan fingerprint density at radius 3 is 2.54 bits per heavy atom. The molecule has 4 aromatic rings. The lowest BCUT2D eigenvalue weighted by molar-refractivity contribution is 0.120. The molecule has 1 aliphatic heterocycles. The number of halogens is 1. The topological polar surface area (TPSA) is 58.7 Å². The zero-order chi connectivity index (χ0) is 19.3. The van der Waals surface area contributed by atoms with E-state index in [1.165, 1.54) is 16.2 Å². The fourth-order valence-corrected chi connectivity index (χ4v) is 5.70. The molecule has 0 spiro atoms. The van der Waals surface area contributed by atoms with Crippen LogP contribution in [0, 0.1) is 0 Å². The maximum Gasteiger partial charge on any atom is 0.272 e. The summed E-state index contributed by atoms with van der Waals surface area (Å²) in [5.74, 6) is 1.48. The Morgan fingerprint density at radius 2 is 1.82 bits per heavy atom. The highest BCUT2D eigenvalue weighted by Crippen LogP contribution is 2.23. The van der Waals surface area contributed by atoms with Gasteiger partial charge in [-0.3, -0.25) is 23.6 Å². The van der Waals surface area contributed by atoms with E-state index >= 15 is 0 Å². The Labute approximate surface area is 174 Å². The van der Waals surface area contributed by atoms with Crippen molar-refractivity contribution in [2.75, 3.05) is 26.2 Å². The molecule has 4 aromatic heterocycles. The van der Waals surface area contributed by atoms with Gasteiger partial charge in [-0.05, 0) is 23.6 Å². The molecule has 0 radical (unpaired) electrons. The van der Waals surface area contributed by atoms with Gasteiger partial charge in [-0.15, -0.1) is 32.9 Å². The average molecular weight is 435 g/mol. The summed E-state index contributed by atoms with van der Waals surface area (Å²) in [6.07, 6.45) is 0. The molecular formula is C18H19ClN6OS2. The fourth-order valence-electron chi connectivity index (χ4n) is 3.72. The first-order valence-electron chi connectivity index (χ1n) is 9.09. The SMILES string of the molecule is Cn1c(=O)c2sccc2n2c(CN3CCN(Cc4ccc(Cl)s4)CC3)nnc12. The number of nitrogens with zero attached hydrogens (tertiary/aromatic N) is 6. The molecule has 0 unspecified atom stereocenters. The molecule has 5 heterocycles.